The number of carbonyl (C=O) groups is 1. The number of amides is 1. The van der Waals surface area contributed by atoms with Crippen LogP contribution in [0, 0.1) is 19.5 Å². The first-order valence-corrected chi connectivity index (χ1v) is 8.78. The van der Waals surface area contributed by atoms with Crippen molar-refractivity contribution >= 4 is 45.6 Å². The molecule has 3 N–H and O–H groups in total. The Balaban J connectivity index is 2.74. The lowest BCUT2D eigenvalue weighted by Crippen LogP contribution is -2.16. The Kier molecular flexibility index (Phi) is 6.35. The molecule has 0 aliphatic heterocycles. The van der Waals surface area contributed by atoms with E-state index in [0.717, 1.165) is 0 Å². The van der Waals surface area contributed by atoms with E-state index in [0.29, 0.717) is 22.0 Å². The van der Waals surface area contributed by atoms with Gasteiger partial charge in [0.2, 0.25) is 5.75 Å². The van der Waals surface area contributed by atoms with E-state index >= 15 is 0 Å². The zero-order valence-electron chi connectivity index (χ0n) is 14.1. The van der Waals surface area contributed by atoms with Gasteiger partial charge in [0.1, 0.15) is 11.5 Å². The van der Waals surface area contributed by atoms with Crippen LogP contribution in [-0.4, -0.2) is 17.9 Å². The van der Waals surface area contributed by atoms with Crippen LogP contribution in [0.15, 0.2) is 24.3 Å². The van der Waals surface area contributed by atoms with Gasteiger partial charge < -0.3 is 15.8 Å². The molecule has 0 unspecified atom stereocenters. The maximum atomic E-state index is 14.2. The van der Waals surface area contributed by atoms with Crippen LogP contribution in [0.5, 0.6) is 5.75 Å². The molecule has 0 atom stereocenters. The van der Waals surface area contributed by atoms with Crippen LogP contribution in [0.4, 0.5) is 21.5 Å². The molecule has 2 aromatic carbocycles. The highest BCUT2D eigenvalue weighted by molar-refractivity contribution is 14.1. The Morgan fingerprint density at radius 2 is 2.12 bits per heavy atom. The number of hydrogen-bond donors (Lipinski definition) is 2. The predicted molar refractivity (Wildman–Crippen MR) is 105 cm³/mol. The predicted octanol–water partition coefficient (Wildman–Crippen LogP) is 4.14. The number of nitro groups is 1. The smallest absolute Gasteiger partial charge is 0.316 e. The summed E-state index contributed by atoms with van der Waals surface area (Å²) < 4.78 is 20.1. The minimum atomic E-state index is -0.802. The molecule has 0 radical (unpaired) electrons. The van der Waals surface area contributed by atoms with Crippen molar-refractivity contribution in [2.45, 2.75) is 19.8 Å². The number of halogens is 2. The first-order valence-electron chi connectivity index (χ1n) is 7.70. The quantitative estimate of drug-likeness (QED) is 0.357. The number of methoxy groups -OCH3 is 1. The number of aryl methyl sites for hydroxylation is 1. The van der Waals surface area contributed by atoms with Gasteiger partial charge in [0.25, 0.3) is 5.91 Å². The fourth-order valence-corrected chi connectivity index (χ4v) is 3.06. The van der Waals surface area contributed by atoms with Crippen molar-refractivity contribution in [1.29, 1.82) is 0 Å². The van der Waals surface area contributed by atoms with Crippen molar-refractivity contribution < 1.29 is 18.8 Å². The molecule has 138 valence electrons. The molecule has 1 amide bonds. The molecule has 0 aliphatic carbocycles. The molecule has 0 aromatic heterocycles. The summed E-state index contributed by atoms with van der Waals surface area (Å²) in [7, 11) is 1.25. The molecule has 0 aliphatic rings. The third-order valence-electron chi connectivity index (χ3n) is 3.70. The lowest BCUT2D eigenvalue weighted by Gasteiger charge is -2.17. The molecule has 7 nitrogen and oxygen atoms in total. The van der Waals surface area contributed by atoms with E-state index in [1.165, 1.54) is 25.3 Å². The number of benzene rings is 2. The molecule has 26 heavy (non-hydrogen) atoms. The molecular formula is C17H17FIN3O4. The first-order chi connectivity index (χ1) is 12.3. The van der Waals surface area contributed by atoms with Crippen molar-refractivity contribution in [3.63, 3.8) is 0 Å². The van der Waals surface area contributed by atoms with Crippen LogP contribution < -0.4 is 15.8 Å². The molecule has 0 spiro atoms. The first kappa shape index (κ1) is 19.9. The molecule has 0 saturated heterocycles. The highest BCUT2D eigenvalue weighted by atomic mass is 127. The average molecular weight is 473 g/mol. The Hall–Kier alpha value is -2.43. The number of primary amides is 1. The van der Waals surface area contributed by atoms with Gasteiger partial charge in [-0.3, -0.25) is 14.9 Å². The third kappa shape index (κ3) is 4.03. The van der Waals surface area contributed by atoms with Gasteiger partial charge in [-0.25, -0.2) is 4.39 Å². The second-order valence-corrected chi connectivity index (χ2v) is 6.71. The summed E-state index contributed by atoms with van der Waals surface area (Å²) in [6.07, 6.45) is 0.992. The van der Waals surface area contributed by atoms with E-state index in [-0.39, 0.29) is 28.4 Å². The summed E-state index contributed by atoms with van der Waals surface area (Å²) in [4.78, 5) is 22.9. The van der Waals surface area contributed by atoms with E-state index < -0.39 is 16.6 Å². The summed E-state index contributed by atoms with van der Waals surface area (Å²) in [5, 5.41) is 14.3. The lowest BCUT2D eigenvalue weighted by molar-refractivity contribution is -0.386. The van der Waals surface area contributed by atoms with Crippen LogP contribution in [0.3, 0.4) is 0 Å². The molecule has 2 rings (SSSR count). The molecule has 0 bridgehead atoms. The number of nitrogens with zero attached hydrogens (tertiary/aromatic N) is 1. The minimum Gasteiger partial charge on any atom is -0.489 e. The largest absolute Gasteiger partial charge is 0.489 e. The Bertz CT molecular complexity index is 874. The normalized spacial score (nSPS) is 10.5. The molecule has 0 saturated carbocycles. The number of anilines is 2. The van der Waals surface area contributed by atoms with Crippen LogP contribution in [0.1, 0.15) is 29.3 Å². The van der Waals surface area contributed by atoms with Gasteiger partial charge in [-0.15, -0.1) is 0 Å². The fraction of sp³-hybridized carbons (Fsp3) is 0.235. The van der Waals surface area contributed by atoms with Crippen LogP contribution in [0.2, 0.25) is 0 Å². The molecule has 2 aromatic rings. The number of nitrogens with two attached hydrogens (primary N) is 1. The number of rotatable bonds is 7. The lowest BCUT2D eigenvalue weighted by atomic mass is 10.0. The van der Waals surface area contributed by atoms with E-state index in [1.807, 2.05) is 29.5 Å². The SMILES string of the molecule is CCCc1cc(C(N)=O)c(Nc2ccc(I)cc2F)c(OC)c1[N+](=O)[O-]. The number of carbonyl (C=O) groups excluding carboxylic acids is 1. The Labute approximate surface area is 163 Å². The Morgan fingerprint density at radius 1 is 1.42 bits per heavy atom. The average Bonchev–Trinajstić information content (AvgIpc) is 2.57. The summed E-state index contributed by atoms with van der Waals surface area (Å²) in [6.45, 7) is 1.85. The van der Waals surface area contributed by atoms with Crippen LogP contribution >= 0.6 is 22.6 Å². The monoisotopic (exact) mass is 473 g/mol. The second kappa shape index (κ2) is 8.30. The molecular weight excluding hydrogens is 456 g/mol. The second-order valence-electron chi connectivity index (χ2n) is 5.46. The van der Waals surface area contributed by atoms with Gasteiger partial charge in [-0.1, -0.05) is 13.3 Å². The van der Waals surface area contributed by atoms with Gasteiger partial charge in [-0.2, -0.15) is 0 Å². The van der Waals surface area contributed by atoms with Crippen molar-refractivity contribution in [1.82, 2.24) is 0 Å². The zero-order chi connectivity index (χ0) is 19.4. The summed E-state index contributed by atoms with van der Waals surface area (Å²) in [5.41, 5.74) is 5.51. The summed E-state index contributed by atoms with van der Waals surface area (Å²) in [5.74, 6) is -1.54. The zero-order valence-corrected chi connectivity index (χ0v) is 16.3. The fourth-order valence-electron chi connectivity index (χ4n) is 2.60. The number of ether oxygens (including phenoxy) is 1. The van der Waals surface area contributed by atoms with Gasteiger partial charge in [-0.05, 0) is 53.3 Å². The maximum absolute atomic E-state index is 14.2. The molecule has 9 heteroatoms. The summed E-state index contributed by atoms with van der Waals surface area (Å²) in [6, 6.07) is 5.77. The van der Waals surface area contributed by atoms with Crippen molar-refractivity contribution in [3.05, 3.63) is 54.9 Å². The summed E-state index contributed by atoms with van der Waals surface area (Å²) >= 11 is 1.96. The number of nitro benzene ring substituents is 1. The van der Waals surface area contributed by atoms with E-state index in [2.05, 4.69) is 5.32 Å². The standard InChI is InChI=1S/C17H17FIN3O4/c1-3-4-9-7-11(17(20)23)14(16(26-2)15(9)22(24)25)21-13-6-5-10(19)8-12(13)18/h5-8,21H,3-4H2,1-2H3,(H2,20,23). The van der Waals surface area contributed by atoms with Crippen molar-refractivity contribution in [3.8, 4) is 5.75 Å². The van der Waals surface area contributed by atoms with Gasteiger partial charge in [0.05, 0.1) is 23.3 Å². The van der Waals surface area contributed by atoms with E-state index in [1.54, 1.807) is 6.07 Å². The van der Waals surface area contributed by atoms with Crippen LogP contribution in [-0.2, 0) is 6.42 Å². The van der Waals surface area contributed by atoms with Crippen molar-refractivity contribution in [2.75, 3.05) is 12.4 Å². The van der Waals surface area contributed by atoms with Gasteiger partial charge in [0, 0.05) is 9.13 Å². The van der Waals surface area contributed by atoms with E-state index in [9.17, 15) is 19.3 Å². The van der Waals surface area contributed by atoms with Gasteiger partial charge >= 0.3 is 5.69 Å². The highest BCUT2D eigenvalue weighted by Crippen LogP contribution is 2.42. The maximum Gasteiger partial charge on any atom is 0.316 e. The Morgan fingerprint density at radius 3 is 2.62 bits per heavy atom. The topological polar surface area (TPSA) is 107 Å². The minimum absolute atomic E-state index is 0.00569. The van der Waals surface area contributed by atoms with E-state index in [4.69, 9.17) is 10.5 Å². The molecule has 0 heterocycles. The third-order valence-corrected chi connectivity index (χ3v) is 4.37. The molecule has 0 fully saturated rings. The highest BCUT2D eigenvalue weighted by Gasteiger charge is 2.29. The van der Waals surface area contributed by atoms with Gasteiger partial charge in [0.15, 0.2) is 0 Å². The van der Waals surface area contributed by atoms with Crippen LogP contribution in [0.25, 0.3) is 0 Å². The number of hydrogen-bond acceptors (Lipinski definition) is 5. The van der Waals surface area contributed by atoms with Crippen molar-refractivity contribution in [2.24, 2.45) is 5.73 Å². The number of nitrogens with one attached hydrogen (secondary N) is 1.